The maximum absolute atomic E-state index is 14.5. The van der Waals surface area contributed by atoms with Crippen molar-refractivity contribution in [3.8, 4) is 23.8 Å². The van der Waals surface area contributed by atoms with Crippen molar-refractivity contribution in [1.82, 2.24) is 24.7 Å². The van der Waals surface area contributed by atoms with Gasteiger partial charge in [-0.25, -0.2) is 14.6 Å². The molecule has 1 aliphatic heterocycles. The number of rotatable bonds is 11. The van der Waals surface area contributed by atoms with Crippen molar-refractivity contribution in [3.05, 3.63) is 69.9 Å². The summed E-state index contributed by atoms with van der Waals surface area (Å²) in [7, 11) is 0. The topological polar surface area (TPSA) is 196 Å². The average Bonchev–Trinajstić information content (AvgIpc) is 3.07. The van der Waals surface area contributed by atoms with Gasteiger partial charge in [0.1, 0.15) is 11.8 Å². The fraction of sp³-hybridized carbons (Fsp3) is 0.462. The van der Waals surface area contributed by atoms with E-state index in [4.69, 9.17) is 14.7 Å². The molecule has 3 N–H and O–H groups in total. The second-order valence-electron chi connectivity index (χ2n) is 15.2. The number of hydrogen-bond acceptors (Lipinski definition) is 9. The number of ether oxygens (including phenoxy) is 1. The van der Waals surface area contributed by atoms with Gasteiger partial charge < -0.3 is 30.1 Å². The molecule has 2 heterocycles. The number of nitrogens with zero attached hydrogens (tertiary/aromatic N) is 7. The van der Waals surface area contributed by atoms with Gasteiger partial charge in [0, 0.05) is 36.3 Å². The molecule has 0 aliphatic carbocycles. The highest BCUT2D eigenvalue weighted by Crippen LogP contribution is 2.36. The Hall–Kier alpha value is -5.89. The quantitative estimate of drug-likeness (QED) is 0.167. The first-order chi connectivity index (χ1) is 24.8. The molecule has 4 rings (SSSR count). The van der Waals surface area contributed by atoms with Crippen LogP contribution in [0.5, 0.6) is 11.6 Å². The molecule has 3 amide bonds. The second-order valence-corrected chi connectivity index (χ2v) is 15.2. The molecule has 1 aliphatic rings. The van der Waals surface area contributed by atoms with Gasteiger partial charge in [-0.1, -0.05) is 0 Å². The number of nitrogens with one attached hydrogen (secondary N) is 1. The van der Waals surface area contributed by atoms with E-state index in [1.807, 2.05) is 34.6 Å². The zero-order chi connectivity index (χ0) is 39.2. The normalized spacial score (nSPS) is 13.2. The second kappa shape index (κ2) is 16.2. The van der Waals surface area contributed by atoms with E-state index in [0.717, 1.165) is 11.1 Å². The molecule has 1 atom stereocenters. The Morgan fingerprint density at radius 1 is 0.925 bits per heavy atom. The summed E-state index contributed by atoms with van der Waals surface area (Å²) in [6.07, 6.45) is -0.881. The van der Waals surface area contributed by atoms with Crippen LogP contribution in [-0.4, -0.2) is 83.2 Å². The van der Waals surface area contributed by atoms with E-state index in [-0.39, 0.29) is 43.8 Å². The van der Waals surface area contributed by atoms with Crippen LogP contribution in [0.2, 0.25) is 0 Å². The van der Waals surface area contributed by atoms with Crippen molar-refractivity contribution in [2.45, 2.75) is 105 Å². The molecule has 53 heavy (non-hydrogen) atoms. The molecule has 2 aromatic carbocycles. The van der Waals surface area contributed by atoms with E-state index in [2.05, 4.69) is 17.5 Å². The molecule has 0 bridgehead atoms. The third-order valence-corrected chi connectivity index (χ3v) is 9.07. The molecule has 14 heteroatoms. The fourth-order valence-corrected chi connectivity index (χ4v) is 6.53. The zero-order valence-electron chi connectivity index (χ0n) is 31.6. The summed E-state index contributed by atoms with van der Waals surface area (Å²) in [5.74, 6) is 0.583. The van der Waals surface area contributed by atoms with Gasteiger partial charge >= 0.3 is 12.2 Å². The van der Waals surface area contributed by atoms with Gasteiger partial charge in [-0.15, -0.1) is 0 Å². The summed E-state index contributed by atoms with van der Waals surface area (Å²) in [4.78, 5) is 52.7. The lowest BCUT2D eigenvalue weighted by atomic mass is 9.97. The first-order valence-electron chi connectivity index (χ1n) is 17.5. The lowest BCUT2D eigenvalue weighted by Gasteiger charge is -2.41. The van der Waals surface area contributed by atoms with E-state index in [0.29, 0.717) is 53.1 Å². The zero-order valence-corrected chi connectivity index (χ0v) is 31.6. The molecule has 0 fully saturated rings. The highest BCUT2D eigenvalue weighted by atomic mass is 16.5. The van der Waals surface area contributed by atoms with Crippen molar-refractivity contribution in [2.75, 3.05) is 18.4 Å². The SMILES string of the molecule is Cc1cc(C#N)cc(C)c1Oc1nc(Nc2ccc(C#N)cc2)nc2c1CN(C(=O)[C@H](CCCCN(C(=O)O)C(C)(C)C)N(C(=O)O)C(C)(C)C)CC2. The number of hydrogen-bond donors (Lipinski definition) is 3. The van der Waals surface area contributed by atoms with Crippen LogP contribution < -0.4 is 10.1 Å². The summed E-state index contributed by atoms with van der Waals surface area (Å²) in [6.45, 7) is 14.9. The lowest BCUT2D eigenvalue weighted by molar-refractivity contribution is -0.139. The molecular formula is C39H48N8O6. The Labute approximate surface area is 310 Å². The highest BCUT2D eigenvalue weighted by Gasteiger charge is 2.40. The summed E-state index contributed by atoms with van der Waals surface area (Å²) in [6, 6.07) is 13.5. The van der Waals surface area contributed by atoms with Crippen molar-refractivity contribution in [2.24, 2.45) is 0 Å². The minimum absolute atomic E-state index is 0.0555. The van der Waals surface area contributed by atoms with Crippen LogP contribution in [0.1, 0.15) is 94.3 Å². The fourth-order valence-electron chi connectivity index (χ4n) is 6.53. The molecule has 1 aromatic heterocycles. The van der Waals surface area contributed by atoms with Crippen molar-refractivity contribution in [3.63, 3.8) is 0 Å². The molecule has 0 radical (unpaired) electrons. The van der Waals surface area contributed by atoms with E-state index < -0.39 is 29.3 Å². The number of amides is 3. The van der Waals surface area contributed by atoms with E-state index in [1.54, 1.807) is 62.1 Å². The summed E-state index contributed by atoms with van der Waals surface area (Å²) < 4.78 is 6.49. The number of aromatic nitrogens is 2. The number of anilines is 2. The first-order valence-corrected chi connectivity index (χ1v) is 17.5. The Morgan fingerprint density at radius 3 is 2.08 bits per heavy atom. The number of benzene rings is 2. The largest absolute Gasteiger partial charge is 0.465 e. The van der Waals surface area contributed by atoms with Crippen LogP contribution in [0.25, 0.3) is 0 Å². The van der Waals surface area contributed by atoms with Crippen LogP contribution in [0.15, 0.2) is 36.4 Å². The highest BCUT2D eigenvalue weighted by molar-refractivity contribution is 5.86. The minimum Gasteiger partial charge on any atom is -0.465 e. The summed E-state index contributed by atoms with van der Waals surface area (Å²) >= 11 is 0. The van der Waals surface area contributed by atoms with Crippen LogP contribution >= 0.6 is 0 Å². The minimum atomic E-state index is -1.23. The first kappa shape index (κ1) is 39.9. The molecule has 280 valence electrons. The monoisotopic (exact) mass is 724 g/mol. The number of carbonyl (C=O) groups excluding carboxylic acids is 1. The Balaban J connectivity index is 1.69. The van der Waals surface area contributed by atoms with Gasteiger partial charge in [0.25, 0.3) is 0 Å². The number of carbonyl (C=O) groups is 3. The Kier molecular flexibility index (Phi) is 12.2. The van der Waals surface area contributed by atoms with Gasteiger partial charge in [-0.2, -0.15) is 15.5 Å². The molecule has 14 nitrogen and oxygen atoms in total. The van der Waals surface area contributed by atoms with Gasteiger partial charge in [0.2, 0.25) is 17.7 Å². The molecular weight excluding hydrogens is 676 g/mol. The van der Waals surface area contributed by atoms with Crippen LogP contribution in [-0.2, 0) is 17.8 Å². The van der Waals surface area contributed by atoms with E-state index in [9.17, 15) is 35.1 Å². The maximum Gasteiger partial charge on any atom is 0.408 e. The molecule has 0 saturated carbocycles. The lowest BCUT2D eigenvalue weighted by Crippen LogP contribution is -2.58. The van der Waals surface area contributed by atoms with E-state index in [1.165, 1.54) is 9.80 Å². The van der Waals surface area contributed by atoms with Gasteiger partial charge in [-0.3, -0.25) is 9.69 Å². The number of fused-ring (bicyclic) bond motifs is 1. The Morgan fingerprint density at radius 2 is 1.55 bits per heavy atom. The molecule has 3 aromatic rings. The molecule has 0 saturated heterocycles. The molecule has 0 spiro atoms. The number of unbranched alkanes of at least 4 members (excludes halogenated alkanes) is 1. The van der Waals surface area contributed by atoms with Crippen LogP contribution in [0, 0.1) is 36.5 Å². The van der Waals surface area contributed by atoms with Gasteiger partial charge in [0.05, 0.1) is 41.1 Å². The number of nitriles is 2. The number of carboxylic acid groups (broad SMARTS) is 2. The van der Waals surface area contributed by atoms with Crippen molar-refractivity contribution in [1.29, 1.82) is 10.5 Å². The standard InChI is InChI=1S/C39H48N8O6/c1-24-19-27(22-41)20-25(2)32(24)53-33-29-23-45(18-16-30(29)43-35(44-33)42-28-14-12-26(21-40)13-15-28)34(48)31(47(37(51)52)39(6,7)8)11-9-10-17-46(36(49)50)38(3,4)5/h12-15,19-20,31H,9-11,16-18,23H2,1-8H3,(H,49,50)(H,51,52)(H,42,43,44)/t31-/m0/s1. The van der Waals surface area contributed by atoms with Gasteiger partial charge in [-0.05, 0) is 122 Å². The predicted molar refractivity (Wildman–Crippen MR) is 198 cm³/mol. The maximum atomic E-state index is 14.5. The third kappa shape index (κ3) is 9.71. The smallest absolute Gasteiger partial charge is 0.408 e. The average molecular weight is 725 g/mol. The van der Waals surface area contributed by atoms with Crippen molar-refractivity contribution < 1.29 is 29.3 Å². The number of aryl methyl sites for hydroxylation is 2. The predicted octanol–water partition coefficient (Wildman–Crippen LogP) is 7.35. The van der Waals surface area contributed by atoms with Gasteiger partial charge in [0.15, 0.2) is 0 Å². The Bertz CT molecular complexity index is 1910. The van der Waals surface area contributed by atoms with Crippen LogP contribution in [0.3, 0.4) is 0 Å². The van der Waals surface area contributed by atoms with Crippen molar-refractivity contribution >= 4 is 29.7 Å². The third-order valence-electron chi connectivity index (χ3n) is 9.07. The van der Waals surface area contributed by atoms with E-state index >= 15 is 0 Å². The molecule has 0 unspecified atom stereocenters. The van der Waals surface area contributed by atoms with Crippen LogP contribution in [0.4, 0.5) is 21.2 Å². The summed E-state index contributed by atoms with van der Waals surface area (Å²) in [5.41, 5.74) is 2.76. The summed E-state index contributed by atoms with van der Waals surface area (Å²) in [5, 5.41) is 42.0.